The molecule has 3 heterocycles. The SMILES string of the molecule is CCCCCCCCCCCCCCCCCCCCCCCCC(=O)NC(COC1OC(CO)C(OC2OC(CO)C(OC3OC(CO)C(O)C(O)C3O)C(O)C2O)C(O)C1O)C(O)CCCCCCCCC. The summed E-state index contributed by atoms with van der Waals surface area (Å²) < 4.78 is 34.2. The topological polar surface area (TPSA) is 307 Å². The quantitative estimate of drug-likeness (QED) is 0.0376. The third-order valence-electron chi connectivity index (χ3n) is 15.2. The monoisotopic (exact) mass is 1070 g/mol. The van der Waals surface area contributed by atoms with E-state index in [1.165, 1.54) is 122 Å². The first-order chi connectivity index (χ1) is 35.8. The van der Waals surface area contributed by atoms with Crippen LogP contribution in [0.2, 0.25) is 0 Å². The van der Waals surface area contributed by atoms with Crippen LogP contribution in [-0.2, 0) is 33.2 Å². The largest absolute Gasteiger partial charge is 0.394 e. The second-order valence-corrected chi connectivity index (χ2v) is 21.5. The molecular formula is C55H105NO18. The summed E-state index contributed by atoms with van der Waals surface area (Å²) in [5.74, 6) is -0.243. The molecule has 0 radical (unpaired) electrons. The summed E-state index contributed by atoms with van der Waals surface area (Å²) in [4.78, 5) is 13.3. The average Bonchev–Trinajstić information content (AvgIpc) is 3.40. The average molecular weight is 1070 g/mol. The van der Waals surface area contributed by atoms with Gasteiger partial charge in [0.15, 0.2) is 18.9 Å². The Hall–Kier alpha value is -1.21. The van der Waals surface area contributed by atoms with Crippen molar-refractivity contribution >= 4 is 5.91 Å². The van der Waals surface area contributed by atoms with Gasteiger partial charge in [-0.3, -0.25) is 4.79 Å². The summed E-state index contributed by atoms with van der Waals surface area (Å²) in [7, 11) is 0. The van der Waals surface area contributed by atoms with Crippen LogP contribution < -0.4 is 5.32 Å². The molecule has 438 valence electrons. The predicted molar refractivity (Wildman–Crippen MR) is 277 cm³/mol. The number of nitrogens with one attached hydrogen (secondary N) is 1. The van der Waals surface area contributed by atoms with Gasteiger partial charge in [0, 0.05) is 6.42 Å². The number of rotatable bonds is 43. The summed E-state index contributed by atoms with van der Waals surface area (Å²) in [6, 6.07) is -0.877. The molecule has 19 nitrogen and oxygen atoms in total. The lowest BCUT2D eigenvalue weighted by atomic mass is 9.96. The molecule has 3 fully saturated rings. The Morgan fingerprint density at radius 2 is 0.770 bits per heavy atom. The Morgan fingerprint density at radius 1 is 0.432 bits per heavy atom. The number of aliphatic hydroxyl groups is 11. The van der Waals surface area contributed by atoms with Gasteiger partial charge < -0.3 is 89.9 Å². The standard InChI is InChI=1S/C55H105NO18/c1-3-5-7-9-11-12-13-14-15-16-17-18-19-20-21-22-23-24-25-27-29-31-33-43(61)56-38(39(60)32-30-28-26-10-8-6-4-2)37-69-53-49(67)46(64)51(41(35-58)71-53)74-55-50(68)47(65)52(42(36-59)72-55)73-54-48(66)45(63)44(62)40(34-57)70-54/h38-42,44-55,57-60,62-68H,3-37H2,1-2H3,(H,56,61). The van der Waals surface area contributed by atoms with Crippen LogP contribution in [0.15, 0.2) is 0 Å². The van der Waals surface area contributed by atoms with Crippen molar-refractivity contribution in [1.82, 2.24) is 5.32 Å². The first kappa shape index (κ1) is 67.1. The molecule has 0 aromatic carbocycles. The molecule has 0 bridgehead atoms. The van der Waals surface area contributed by atoms with Gasteiger partial charge in [-0.25, -0.2) is 0 Å². The molecule has 3 aliphatic heterocycles. The molecule has 3 rings (SSSR count). The highest BCUT2D eigenvalue weighted by Gasteiger charge is 2.53. The van der Waals surface area contributed by atoms with Gasteiger partial charge in [-0.2, -0.15) is 0 Å². The minimum atomic E-state index is -1.97. The molecule has 74 heavy (non-hydrogen) atoms. The van der Waals surface area contributed by atoms with Crippen LogP contribution in [0.3, 0.4) is 0 Å². The van der Waals surface area contributed by atoms with E-state index in [0.717, 1.165) is 57.8 Å². The zero-order valence-electron chi connectivity index (χ0n) is 45.3. The molecule has 0 aromatic heterocycles. The summed E-state index contributed by atoms with van der Waals surface area (Å²) >= 11 is 0. The third-order valence-corrected chi connectivity index (χ3v) is 15.2. The van der Waals surface area contributed by atoms with E-state index >= 15 is 0 Å². The van der Waals surface area contributed by atoms with E-state index in [9.17, 15) is 61.0 Å². The van der Waals surface area contributed by atoms with Gasteiger partial charge >= 0.3 is 0 Å². The number of ether oxygens (including phenoxy) is 6. The molecule has 1 amide bonds. The van der Waals surface area contributed by atoms with Crippen LogP contribution in [0.25, 0.3) is 0 Å². The van der Waals surface area contributed by atoms with Crippen LogP contribution in [0.4, 0.5) is 0 Å². The van der Waals surface area contributed by atoms with E-state index in [4.69, 9.17) is 28.4 Å². The van der Waals surface area contributed by atoms with E-state index in [1.54, 1.807) is 0 Å². The first-order valence-corrected chi connectivity index (χ1v) is 29.3. The van der Waals surface area contributed by atoms with E-state index in [-0.39, 0.29) is 18.9 Å². The normalized spacial score (nSPS) is 31.4. The summed E-state index contributed by atoms with van der Waals surface area (Å²) in [5.41, 5.74) is 0. The lowest BCUT2D eigenvalue weighted by Crippen LogP contribution is -2.66. The predicted octanol–water partition coefficient (Wildman–Crippen LogP) is 4.43. The van der Waals surface area contributed by atoms with Crippen molar-refractivity contribution in [3.05, 3.63) is 0 Å². The molecule has 0 aliphatic carbocycles. The maximum atomic E-state index is 13.3. The fraction of sp³-hybridized carbons (Fsp3) is 0.982. The van der Waals surface area contributed by atoms with Crippen molar-refractivity contribution < 1.29 is 89.4 Å². The van der Waals surface area contributed by atoms with Crippen molar-refractivity contribution in [1.29, 1.82) is 0 Å². The molecule has 17 atom stereocenters. The number of hydrogen-bond donors (Lipinski definition) is 12. The zero-order chi connectivity index (χ0) is 54.1. The highest BCUT2D eigenvalue weighted by Crippen LogP contribution is 2.33. The molecule has 3 saturated heterocycles. The highest BCUT2D eigenvalue weighted by atomic mass is 16.8. The summed E-state index contributed by atoms with van der Waals surface area (Å²) in [6.45, 7) is 1.74. The number of carbonyl (C=O) groups excluding carboxylic acids is 1. The smallest absolute Gasteiger partial charge is 0.220 e. The molecule has 12 N–H and O–H groups in total. The van der Waals surface area contributed by atoms with Gasteiger partial charge in [0.05, 0.1) is 38.6 Å². The third kappa shape index (κ3) is 24.4. The van der Waals surface area contributed by atoms with Crippen molar-refractivity contribution in [3.63, 3.8) is 0 Å². The van der Waals surface area contributed by atoms with Crippen molar-refractivity contribution in [3.8, 4) is 0 Å². The fourth-order valence-corrected chi connectivity index (χ4v) is 10.3. The zero-order valence-corrected chi connectivity index (χ0v) is 45.3. The van der Waals surface area contributed by atoms with Crippen LogP contribution in [0.1, 0.15) is 213 Å². The van der Waals surface area contributed by atoms with E-state index in [0.29, 0.717) is 12.8 Å². The van der Waals surface area contributed by atoms with Crippen LogP contribution >= 0.6 is 0 Å². The fourth-order valence-electron chi connectivity index (χ4n) is 10.3. The second-order valence-electron chi connectivity index (χ2n) is 21.5. The Kier molecular flexibility index (Phi) is 36.3. The van der Waals surface area contributed by atoms with Gasteiger partial charge in [0.25, 0.3) is 0 Å². The number of unbranched alkanes of at least 4 members (excludes halogenated alkanes) is 27. The molecule has 0 aromatic rings. The van der Waals surface area contributed by atoms with E-state index < -0.39 is 124 Å². The maximum absolute atomic E-state index is 13.3. The molecule has 0 spiro atoms. The van der Waals surface area contributed by atoms with Crippen molar-refractivity contribution in [2.24, 2.45) is 0 Å². The lowest BCUT2D eigenvalue weighted by Gasteiger charge is -2.48. The molecular weight excluding hydrogens is 963 g/mol. The minimum absolute atomic E-state index is 0.243. The van der Waals surface area contributed by atoms with Crippen LogP contribution in [0.5, 0.6) is 0 Å². The van der Waals surface area contributed by atoms with Gasteiger partial charge in [-0.05, 0) is 12.8 Å². The Morgan fingerprint density at radius 3 is 1.18 bits per heavy atom. The van der Waals surface area contributed by atoms with Crippen LogP contribution in [0, 0.1) is 0 Å². The van der Waals surface area contributed by atoms with Gasteiger partial charge in [0.2, 0.25) is 5.91 Å². The van der Waals surface area contributed by atoms with Gasteiger partial charge in [0.1, 0.15) is 73.2 Å². The molecule has 3 aliphatic rings. The molecule has 19 heteroatoms. The second kappa shape index (κ2) is 40.0. The number of hydrogen-bond acceptors (Lipinski definition) is 18. The Balaban J connectivity index is 1.42. The van der Waals surface area contributed by atoms with E-state index in [1.807, 2.05) is 0 Å². The van der Waals surface area contributed by atoms with Crippen molar-refractivity contribution in [2.75, 3.05) is 26.4 Å². The molecule has 17 unspecified atom stereocenters. The number of carbonyl (C=O) groups is 1. The number of aliphatic hydroxyl groups excluding tert-OH is 11. The lowest BCUT2D eigenvalue weighted by molar-refractivity contribution is -0.379. The highest BCUT2D eigenvalue weighted by molar-refractivity contribution is 5.76. The minimum Gasteiger partial charge on any atom is -0.394 e. The summed E-state index contributed by atoms with van der Waals surface area (Å²) in [6.07, 6.45) is 9.56. The van der Waals surface area contributed by atoms with Crippen LogP contribution in [-0.4, -0.2) is 193 Å². The first-order valence-electron chi connectivity index (χ1n) is 29.3. The van der Waals surface area contributed by atoms with Crippen molar-refractivity contribution in [2.45, 2.75) is 317 Å². The molecule has 0 saturated carbocycles. The Bertz CT molecular complexity index is 1370. The van der Waals surface area contributed by atoms with Gasteiger partial charge in [-0.15, -0.1) is 0 Å². The summed E-state index contributed by atoms with van der Waals surface area (Å²) in [5, 5.41) is 120. The van der Waals surface area contributed by atoms with Gasteiger partial charge in [-0.1, -0.05) is 194 Å². The Labute approximate surface area is 443 Å². The number of amides is 1. The van der Waals surface area contributed by atoms with E-state index in [2.05, 4.69) is 19.2 Å². The maximum Gasteiger partial charge on any atom is 0.220 e.